The van der Waals surface area contributed by atoms with Crippen LogP contribution in [-0.4, -0.2) is 40.2 Å². The third-order valence-corrected chi connectivity index (χ3v) is 7.42. The molecule has 1 saturated heterocycles. The maximum absolute atomic E-state index is 15.3. The molecule has 1 aliphatic heterocycles. The van der Waals surface area contributed by atoms with E-state index in [0.29, 0.717) is 6.07 Å². The zero-order chi connectivity index (χ0) is 26.3. The van der Waals surface area contributed by atoms with E-state index in [4.69, 9.17) is 14.0 Å². The lowest BCUT2D eigenvalue weighted by Crippen LogP contribution is -2.43. The molecule has 1 N–H and O–H groups in total. The van der Waals surface area contributed by atoms with E-state index in [-0.39, 0.29) is 12.1 Å². The molecule has 0 aliphatic carbocycles. The molecule has 1 heterocycles. The Kier molecular flexibility index (Phi) is 8.47. The number of esters is 1. The summed E-state index contributed by atoms with van der Waals surface area (Å²) in [5.74, 6) is -2.35. The maximum atomic E-state index is 15.3. The molecule has 0 aromatic heterocycles. The normalized spacial score (nSPS) is 19.7. The molecule has 2 atom stereocenters. The van der Waals surface area contributed by atoms with Crippen LogP contribution in [0.5, 0.6) is 0 Å². The minimum atomic E-state index is -5.03. The second kappa shape index (κ2) is 9.96. The lowest BCUT2D eigenvalue weighted by Gasteiger charge is -2.32. The average molecular weight is 509 g/mol. The van der Waals surface area contributed by atoms with E-state index >= 15 is 4.39 Å². The molecular weight excluding hydrogens is 477 g/mol. The van der Waals surface area contributed by atoms with Gasteiger partial charge in [-0.05, 0) is 66.9 Å². The maximum Gasteiger partial charge on any atom is 0.494 e. The summed E-state index contributed by atoms with van der Waals surface area (Å²) >= 11 is -1.83. The van der Waals surface area contributed by atoms with Crippen molar-refractivity contribution in [1.29, 1.82) is 0 Å². The molecule has 0 bridgehead atoms. The van der Waals surface area contributed by atoms with Crippen LogP contribution < -0.4 is 10.2 Å². The summed E-state index contributed by atoms with van der Waals surface area (Å²) in [5, 5.41) is 0. The van der Waals surface area contributed by atoms with E-state index < -0.39 is 76.0 Å². The Morgan fingerprint density at radius 3 is 2.15 bits per heavy atom. The van der Waals surface area contributed by atoms with Gasteiger partial charge in [-0.1, -0.05) is 6.07 Å². The Morgan fingerprint density at radius 2 is 1.71 bits per heavy atom. The number of carbonyl (C=O) groups excluding carboxylic acids is 1. The first-order chi connectivity index (χ1) is 15.3. The zero-order valence-corrected chi connectivity index (χ0v) is 21.5. The molecule has 34 heavy (non-hydrogen) atoms. The quantitative estimate of drug-likeness (QED) is 0.257. The highest BCUT2D eigenvalue weighted by molar-refractivity contribution is 7.90. The molecule has 1 aromatic rings. The van der Waals surface area contributed by atoms with Crippen molar-refractivity contribution in [2.24, 2.45) is 0 Å². The number of alkyl halides is 3. The third kappa shape index (κ3) is 6.45. The molecule has 2 rings (SSSR count). The lowest BCUT2D eigenvalue weighted by atomic mass is 9.76. The molecule has 6 nitrogen and oxygen atoms in total. The molecule has 1 fully saturated rings. The molecule has 2 unspecified atom stereocenters. The second-order valence-corrected chi connectivity index (χ2v) is 12.1. The largest absolute Gasteiger partial charge is 0.598 e. The van der Waals surface area contributed by atoms with E-state index in [0.717, 1.165) is 6.07 Å². The fourth-order valence-corrected chi connectivity index (χ4v) is 3.98. The Morgan fingerprint density at radius 1 is 1.18 bits per heavy atom. The van der Waals surface area contributed by atoms with Crippen molar-refractivity contribution in [3.8, 4) is 0 Å². The van der Waals surface area contributed by atoms with E-state index in [1.165, 1.54) is 0 Å². The highest BCUT2D eigenvalue weighted by Crippen LogP contribution is 2.39. The average Bonchev–Trinajstić information content (AvgIpc) is 2.87. The standard InChI is InChI=1S/C22H32BF4NO5S/c1-9-31-17(29)12-16(28-34(30)19(2,3)4)14-10-13(11-15(18(14)24)22(25,26)27)23-32-20(5,6)21(7,8)33-23/h10-11,16,28H,9,12H2,1-8H3. The van der Waals surface area contributed by atoms with Crippen LogP contribution in [0.4, 0.5) is 17.6 Å². The molecule has 0 radical (unpaired) electrons. The van der Waals surface area contributed by atoms with Gasteiger partial charge < -0.3 is 18.6 Å². The Hall–Kier alpha value is -1.34. The van der Waals surface area contributed by atoms with Crippen molar-refractivity contribution in [1.82, 2.24) is 4.72 Å². The number of halogens is 4. The number of benzene rings is 1. The molecule has 0 spiro atoms. The summed E-state index contributed by atoms with van der Waals surface area (Å²) < 4.78 is 87.9. The molecule has 0 amide bonds. The summed E-state index contributed by atoms with van der Waals surface area (Å²) in [5.41, 5.74) is -3.78. The third-order valence-electron chi connectivity index (χ3n) is 5.81. The first kappa shape index (κ1) is 28.9. The summed E-state index contributed by atoms with van der Waals surface area (Å²) in [6.45, 7) is 13.4. The smallest absolute Gasteiger partial charge is 0.494 e. The molecule has 1 aliphatic rings. The van der Waals surface area contributed by atoms with Gasteiger partial charge in [0.2, 0.25) is 0 Å². The van der Waals surface area contributed by atoms with Gasteiger partial charge in [-0.3, -0.25) is 4.79 Å². The Labute approximate surface area is 201 Å². The van der Waals surface area contributed by atoms with Crippen molar-refractivity contribution >= 4 is 29.9 Å². The summed E-state index contributed by atoms with van der Waals surface area (Å²) in [6, 6.07) is 0.439. The summed E-state index contributed by atoms with van der Waals surface area (Å²) in [7, 11) is -1.21. The Bertz CT molecular complexity index is 889. The van der Waals surface area contributed by atoms with Crippen LogP contribution in [0.1, 0.15) is 79.0 Å². The van der Waals surface area contributed by atoms with Crippen LogP contribution in [0.3, 0.4) is 0 Å². The van der Waals surface area contributed by atoms with E-state index in [1.807, 2.05) is 0 Å². The van der Waals surface area contributed by atoms with Crippen molar-refractivity contribution in [2.75, 3.05) is 6.61 Å². The number of ether oxygens (including phenoxy) is 1. The number of hydrogen-bond donors (Lipinski definition) is 1. The van der Waals surface area contributed by atoms with E-state index in [9.17, 15) is 22.5 Å². The number of hydrogen-bond acceptors (Lipinski definition) is 6. The van der Waals surface area contributed by atoms with Crippen molar-refractivity contribution in [3.05, 3.63) is 29.1 Å². The summed E-state index contributed by atoms with van der Waals surface area (Å²) in [4.78, 5) is 12.2. The van der Waals surface area contributed by atoms with Crippen molar-refractivity contribution in [3.63, 3.8) is 0 Å². The van der Waals surface area contributed by atoms with Gasteiger partial charge >= 0.3 is 19.3 Å². The predicted molar refractivity (Wildman–Crippen MR) is 122 cm³/mol. The van der Waals surface area contributed by atoms with Gasteiger partial charge in [-0.2, -0.15) is 13.2 Å². The predicted octanol–water partition coefficient (Wildman–Crippen LogP) is 4.19. The highest BCUT2D eigenvalue weighted by atomic mass is 32.2. The number of nitrogens with one attached hydrogen (secondary N) is 1. The van der Waals surface area contributed by atoms with Crippen molar-refractivity contribution < 1.29 is 41.0 Å². The van der Waals surface area contributed by atoms with Crippen LogP contribution >= 0.6 is 0 Å². The minimum absolute atomic E-state index is 0.0259. The molecule has 12 heteroatoms. The van der Waals surface area contributed by atoms with Crippen LogP contribution in [0.25, 0.3) is 0 Å². The van der Waals surface area contributed by atoms with Crippen molar-refractivity contribution in [2.45, 2.75) is 90.0 Å². The highest BCUT2D eigenvalue weighted by Gasteiger charge is 2.52. The fraction of sp³-hybridized carbons (Fsp3) is 0.682. The van der Waals surface area contributed by atoms with E-state index in [1.54, 1.807) is 55.4 Å². The molecule has 0 saturated carbocycles. The zero-order valence-electron chi connectivity index (χ0n) is 20.7. The fourth-order valence-electron chi connectivity index (χ4n) is 3.15. The van der Waals surface area contributed by atoms with Gasteiger partial charge in [0.15, 0.2) is 0 Å². The van der Waals surface area contributed by atoms with E-state index in [2.05, 4.69) is 4.72 Å². The van der Waals surface area contributed by atoms with Crippen LogP contribution in [-0.2, 0) is 36.4 Å². The summed E-state index contributed by atoms with van der Waals surface area (Å²) in [6.07, 6.45) is -5.56. The van der Waals surface area contributed by atoms with Gasteiger partial charge in [0.25, 0.3) is 0 Å². The topological polar surface area (TPSA) is 79.9 Å². The molecule has 192 valence electrons. The van der Waals surface area contributed by atoms with Crippen LogP contribution in [0, 0.1) is 5.82 Å². The minimum Gasteiger partial charge on any atom is -0.598 e. The SMILES string of the molecule is CCOC(=O)CC(N[S+]([O-])C(C)(C)C)c1cc(B2OC(C)(C)C(C)(C)O2)cc(C(F)(F)F)c1F. The second-order valence-electron chi connectivity index (χ2n) is 10.1. The van der Waals surface area contributed by atoms with Crippen LogP contribution in [0.15, 0.2) is 12.1 Å². The first-order valence-corrected chi connectivity index (χ1v) is 12.0. The lowest BCUT2D eigenvalue weighted by molar-refractivity contribution is -0.143. The molecule has 1 aromatic carbocycles. The number of carbonyl (C=O) groups is 1. The van der Waals surface area contributed by atoms with Gasteiger partial charge in [-0.15, -0.1) is 4.72 Å². The van der Waals surface area contributed by atoms with Gasteiger partial charge in [0, 0.05) is 16.9 Å². The van der Waals surface area contributed by atoms with Crippen LogP contribution in [0.2, 0.25) is 0 Å². The van der Waals surface area contributed by atoms with Gasteiger partial charge in [-0.25, -0.2) is 4.39 Å². The number of rotatable bonds is 7. The first-order valence-electron chi connectivity index (χ1n) is 10.9. The van der Waals surface area contributed by atoms with Gasteiger partial charge in [0.1, 0.15) is 10.6 Å². The van der Waals surface area contributed by atoms with Gasteiger partial charge in [0.05, 0.1) is 35.8 Å². The monoisotopic (exact) mass is 509 g/mol. The Balaban J connectivity index is 2.64. The molecular formula is C22H32BF4NO5S.